The number of hydrogen-bond donors (Lipinski definition) is 1. The van der Waals surface area contributed by atoms with Crippen molar-refractivity contribution in [3.05, 3.63) is 76.9 Å². The van der Waals surface area contributed by atoms with Gasteiger partial charge in [0.15, 0.2) is 5.82 Å². The average molecular weight is 332 g/mol. The summed E-state index contributed by atoms with van der Waals surface area (Å²) in [5.41, 5.74) is 1.44. The van der Waals surface area contributed by atoms with Gasteiger partial charge in [-0.05, 0) is 29.8 Å². The third-order valence-electron chi connectivity index (χ3n) is 3.16. The van der Waals surface area contributed by atoms with Crippen molar-refractivity contribution in [1.29, 1.82) is 0 Å². The zero-order valence-corrected chi connectivity index (χ0v) is 12.7. The molecule has 0 fully saturated rings. The van der Waals surface area contributed by atoms with Gasteiger partial charge in [-0.25, -0.2) is 18.7 Å². The molecule has 0 aliphatic rings. The van der Waals surface area contributed by atoms with Gasteiger partial charge in [-0.15, -0.1) is 0 Å². The van der Waals surface area contributed by atoms with E-state index in [-0.39, 0.29) is 16.8 Å². The van der Waals surface area contributed by atoms with Crippen molar-refractivity contribution in [3.8, 4) is 11.4 Å². The predicted molar refractivity (Wildman–Crippen MR) is 86.2 cm³/mol. The third-order valence-corrected chi connectivity index (χ3v) is 3.36. The number of hydrogen-bond acceptors (Lipinski definition) is 3. The second kappa shape index (κ2) is 6.71. The second-order valence-corrected chi connectivity index (χ2v) is 5.28. The molecular formula is C17H12ClF2N3. The summed E-state index contributed by atoms with van der Waals surface area (Å²) < 4.78 is 26.2. The van der Waals surface area contributed by atoms with Gasteiger partial charge in [0.25, 0.3) is 0 Å². The third kappa shape index (κ3) is 4.02. The molecule has 116 valence electrons. The Bertz CT molecular complexity index is 822. The molecule has 1 heterocycles. The molecule has 1 N–H and O–H groups in total. The Morgan fingerprint density at radius 2 is 1.70 bits per heavy atom. The number of nitrogens with one attached hydrogen (secondary N) is 1. The van der Waals surface area contributed by atoms with Crippen molar-refractivity contribution in [2.75, 3.05) is 5.32 Å². The van der Waals surface area contributed by atoms with E-state index in [1.165, 1.54) is 24.3 Å². The Morgan fingerprint density at radius 3 is 2.43 bits per heavy atom. The summed E-state index contributed by atoms with van der Waals surface area (Å²) in [5.74, 6) is 0.186. The van der Waals surface area contributed by atoms with Crippen molar-refractivity contribution >= 4 is 17.4 Å². The smallest absolute Gasteiger partial charge is 0.163 e. The lowest BCUT2D eigenvalue weighted by Gasteiger charge is -2.08. The van der Waals surface area contributed by atoms with Crippen LogP contribution in [0.1, 0.15) is 5.56 Å². The van der Waals surface area contributed by atoms with Crippen molar-refractivity contribution in [1.82, 2.24) is 9.97 Å². The minimum absolute atomic E-state index is 0.251. The van der Waals surface area contributed by atoms with Crippen LogP contribution in [-0.2, 0) is 6.54 Å². The molecule has 23 heavy (non-hydrogen) atoms. The van der Waals surface area contributed by atoms with Crippen LogP contribution in [-0.4, -0.2) is 9.97 Å². The molecule has 0 radical (unpaired) electrons. The fourth-order valence-electron chi connectivity index (χ4n) is 2.06. The zero-order chi connectivity index (χ0) is 16.2. The van der Waals surface area contributed by atoms with E-state index in [1.807, 2.05) is 0 Å². The van der Waals surface area contributed by atoms with Crippen LogP contribution in [0, 0.1) is 11.6 Å². The second-order valence-electron chi connectivity index (χ2n) is 4.89. The Morgan fingerprint density at radius 1 is 0.913 bits per heavy atom. The molecule has 1 aromatic heterocycles. The molecule has 6 heteroatoms. The molecule has 0 aliphatic carbocycles. The zero-order valence-electron chi connectivity index (χ0n) is 11.9. The summed E-state index contributed by atoms with van der Waals surface area (Å²) in [6, 6.07) is 13.7. The van der Waals surface area contributed by atoms with E-state index in [0.717, 1.165) is 5.56 Å². The van der Waals surface area contributed by atoms with Crippen LogP contribution in [0.3, 0.4) is 0 Å². The van der Waals surface area contributed by atoms with Crippen molar-refractivity contribution in [3.63, 3.8) is 0 Å². The van der Waals surface area contributed by atoms with Gasteiger partial charge in [0.05, 0.1) is 0 Å². The van der Waals surface area contributed by atoms with Crippen molar-refractivity contribution in [2.24, 2.45) is 0 Å². The molecule has 0 saturated heterocycles. The molecule has 0 atom stereocenters. The van der Waals surface area contributed by atoms with Crippen molar-refractivity contribution in [2.45, 2.75) is 6.54 Å². The number of nitrogens with zero attached hydrogens (tertiary/aromatic N) is 2. The molecule has 3 nitrogen and oxygen atoms in total. The van der Waals surface area contributed by atoms with Gasteiger partial charge in [0, 0.05) is 18.2 Å². The number of benzene rings is 2. The Kier molecular flexibility index (Phi) is 4.48. The molecule has 3 aromatic rings. The van der Waals surface area contributed by atoms with Gasteiger partial charge in [0.2, 0.25) is 0 Å². The Labute approximate surface area is 137 Å². The van der Waals surface area contributed by atoms with Crippen LogP contribution >= 0.6 is 11.6 Å². The van der Waals surface area contributed by atoms with Gasteiger partial charge < -0.3 is 5.32 Å². The van der Waals surface area contributed by atoms with Gasteiger partial charge in [-0.3, -0.25) is 0 Å². The van der Waals surface area contributed by atoms with Crippen LogP contribution in [0.25, 0.3) is 11.4 Å². The summed E-state index contributed by atoms with van der Waals surface area (Å²) in [5, 5.41) is 3.35. The highest BCUT2D eigenvalue weighted by Gasteiger charge is 2.07. The molecule has 0 spiro atoms. The molecule has 0 saturated carbocycles. The van der Waals surface area contributed by atoms with E-state index in [4.69, 9.17) is 11.6 Å². The standard InChI is InChI=1S/C17H12ClF2N3/c18-15-9-16(21-10-11-4-6-13(19)7-5-11)23-17(22-15)12-2-1-3-14(20)8-12/h1-9H,10H2,(H,21,22,23). The highest BCUT2D eigenvalue weighted by Crippen LogP contribution is 2.21. The van der Waals surface area contributed by atoms with E-state index in [9.17, 15) is 8.78 Å². The fourth-order valence-corrected chi connectivity index (χ4v) is 2.24. The Balaban J connectivity index is 1.81. The predicted octanol–water partition coefficient (Wildman–Crippen LogP) is 4.69. The lowest BCUT2D eigenvalue weighted by atomic mass is 10.2. The first kappa shape index (κ1) is 15.4. The van der Waals surface area contributed by atoms with Gasteiger partial charge in [-0.2, -0.15) is 0 Å². The highest BCUT2D eigenvalue weighted by atomic mass is 35.5. The van der Waals surface area contributed by atoms with Gasteiger partial charge >= 0.3 is 0 Å². The number of rotatable bonds is 4. The summed E-state index contributed by atoms with van der Waals surface area (Å²) >= 11 is 6.01. The lowest BCUT2D eigenvalue weighted by molar-refractivity contribution is 0.627. The minimum Gasteiger partial charge on any atom is -0.366 e. The quantitative estimate of drug-likeness (QED) is 0.705. The molecule has 0 aliphatic heterocycles. The maximum atomic E-state index is 13.3. The maximum Gasteiger partial charge on any atom is 0.163 e. The molecule has 0 bridgehead atoms. The normalized spacial score (nSPS) is 10.6. The molecule has 3 rings (SSSR count). The van der Waals surface area contributed by atoms with Crippen LogP contribution in [0.15, 0.2) is 54.6 Å². The largest absolute Gasteiger partial charge is 0.366 e. The first-order valence-corrected chi connectivity index (χ1v) is 7.27. The number of aromatic nitrogens is 2. The van der Waals surface area contributed by atoms with E-state index >= 15 is 0 Å². The highest BCUT2D eigenvalue weighted by molar-refractivity contribution is 6.29. The first-order valence-electron chi connectivity index (χ1n) is 6.89. The SMILES string of the molecule is Fc1ccc(CNc2cc(Cl)nc(-c3cccc(F)c3)n2)cc1. The molecule has 2 aromatic carbocycles. The van der Waals surface area contributed by atoms with Gasteiger partial charge in [-0.1, -0.05) is 35.9 Å². The number of anilines is 1. The molecular weight excluding hydrogens is 320 g/mol. The molecule has 0 unspecified atom stereocenters. The molecule has 0 amide bonds. The summed E-state index contributed by atoms with van der Waals surface area (Å²) in [6.45, 7) is 0.455. The van der Waals surface area contributed by atoms with Crippen molar-refractivity contribution < 1.29 is 8.78 Å². The summed E-state index contributed by atoms with van der Waals surface area (Å²) in [6.07, 6.45) is 0. The lowest BCUT2D eigenvalue weighted by Crippen LogP contribution is -2.03. The van der Waals surface area contributed by atoms with E-state index in [2.05, 4.69) is 15.3 Å². The average Bonchev–Trinajstić information content (AvgIpc) is 2.54. The van der Waals surface area contributed by atoms with Crippen LogP contribution in [0.5, 0.6) is 0 Å². The minimum atomic E-state index is -0.369. The fraction of sp³-hybridized carbons (Fsp3) is 0.0588. The van der Waals surface area contributed by atoms with Crippen LogP contribution < -0.4 is 5.32 Å². The van der Waals surface area contributed by atoms with E-state index in [0.29, 0.717) is 23.8 Å². The van der Waals surface area contributed by atoms with E-state index < -0.39 is 0 Å². The monoisotopic (exact) mass is 331 g/mol. The van der Waals surface area contributed by atoms with Gasteiger partial charge in [0.1, 0.15) is 22.6 Å². The Hall–Kier alpha value is -2.53. The first-order chi connectivity index (χ1) is 11.1. The summed E-state index contributed by atoms with van der Waals surface area (Å²) in [4.78, 5) is 8.44. The maximum absolute atomic E-state index is 13.3. The van der Waals surface area contributed by atoms with Crippen LogP contribution in [0.2, 0.25) is 5.15 Å². The topological polar surface area (TPSA) is 37.8 Å². The summed E-state index contributed by atoms with van der Waals surface area (Å²) in [7, 11) is 0. The number of halogens is 3. The van der Waals surface area contributed by atoms with E-state index in [1.54, 1.807) is 30.3 Å². The van der Waals surface area contributed by atoms with Crippen LogP contribution in [0.4, 0.5) is 14.6 Å².